The van der Waals surface area contributed by atoms with Crippen LogP contribution < -0.4 is 16.0 Å². The Hall–Kier alpha value is -0.420. The number of aliphatic hydroxyl groups is 1. The van der Waals surface area contributed by atoms with Gasteiger partial charge in [0.2, 0.25) is 0 Å². The summed E-state index contributed by atoms with van der Waals surface area (Å²) in [6.45, 7) is 3.55. The molecule has 0 amide bonds. The lowest BCUT2D eigenvalue weighted by molar-refractivity contribution is 0.159. The second-order valence-corrected chi connectivity index (χ2v) is 5.52. The summed E-state index contributed by atoms with van der Waals surface area (Å²) in [6, 6.07) is 0.293. The topological polar surface area (TPSA) is 56.3 Å². The van der Waals surface area contributed by atoms with Gasteiger partial charge in [0.25, 0.3) is 0 Å². The van der Waals surface area contributed by atoms with E-state index in [0.717, 1.165) is 26.1 Å². The van der Waals surface area contributed by atoms with Gasteiger partial charge in [-0.15, -0.1) is 0 Å². The maximum absolute atomic E-state index is 9.21. The van der Waals surface area contributed by atoms with E-state index in [-0.39, 0.29) is 6.61 Å². The number of nitrogens with one attached hydrogen (secondary N) is 3. The predicted molar refractivity (Wildman–Crippen MR) is 67.6 cm³/mol. The lowest BCUT2D eigenvalue weighted by atomic mass is 9.80. The van der Waals surface area contributed by atoms with Crippen molar-refractivity contribution in [1.29, 1.82) is 0 Å². The molecule has 4 N–H and O–H groups in total. The number of hydrogen-bond acceptors (Lipinski definition) is 4. The van der Waals surface area contributed by atoms with Gasteiger partial charge in [0.15, 0.2) is 0 Å². The highest BCUT2D eigenvalue weighted by molar-refractivity contribution is 5.17. The molecule has 0 radical (unpaired) electrons. The fourth-order valence-electron chi connectivity index (χ4n) is 3.57. The molecule has 4 unspecified atom stereocenters. The molecule has 96 valence electrons. The van der Waals surface area contributed by atoms with E-state index in [1.54, 1.807) is 5.57 Å². The van der Waals surface area contributed by atoms with Crippen LogP contribution in [0.5, 0.6) is 0 Å². The first kappa shape index (κ1) is 11.7. The molecule has 4 atom stereocenters. The van der Waals surface area contributed by atoms with Crippen molar-refractivity contribution in [3.63, 3.8) is 0 Å². The third kappa shape index (κ3) is 2.27. The van der Waals surface area contributed by atoms with Crippen LogP contribution in [0.4, 0.5) is 0 Å². The second kappa shape index (κ2) is 5.06. The molecule has 0 aromatic heterocycles. The molecule has 0 bridgehead atoms. The van der Waals surface area contributed by atoms with Gasteiger partial charge < -0.3 is 15.7 Å². The summed E-state index contributed by atoms with van der Waals surface area (Å²) >= 11 is 0. The fraction of sp³-hybridized carbons (Fsp3) is 0.846. The molecule has 0 spiro atoms. The highest BCUT2D eigenvalue weighted by Crippen LogP contribution is 2.35. The average molecular weight is 237 g/mol. The Bertz CT molecular complexity index is 305. The van der Waals surface area contributed by atoms with E-state index in [4.69, 9.17) is 0 Å². The van der Waals surface area contributed by atoms with Crippen molar-refractivity contribution >= 4 is 0 Å². The Morgan fingerprint density at radius 2 is 2.29 bits per heavy atom. The second-order valence-electron chi connectivity index (χ2n) is 5.52. The predicted octanol–water partition coefficient (Wildman–Crippen LogP) is -0.188. The van der Waals surface area contributed by atoms with Crippen molar-refractivity contribution in [3.05, 3.63) is 11.6 Å². The van der Waals surface area contributed by atoms with E-state index in [1.165, 1.54) is 12.8 Å². The molecule has 2 saturated heterocycles. The number of piperidine rings is 1. The molecule has 17 heavy (non-hydrogen) atoms. The van der Waals surface area contributed by atoms with Gasteiger partial charge in [-0.2, -0.15) is 0 Å². The van der Waals surface area contributed by atoms with Gasteiger partial charge in [0.1, 0.15) is 0 Å². The van der Waals surface area contributed by atoms with Crippen LogP contribution in [0.25, 0.3) is 0 Å². The summed E-state index contributed by atoms with van der Waals surface area (Å²) in [5, 5.41) is 19.8. The van der Waals surface area contributed by atoms with Crippen molar-refractivity contribution in [2.75, 3.05) is 26.2 Å². The first-order valence-corrected chi connectivity index (χ1v) is 6.88. The molecule has 0 aromatic rings. The Balaban J connectivity index is 1.67. The molecule has 0 aromatic carbocycles. The van der Waals surface area contributed by atoms with Crippen LogP contribution in [0.3, 0.4) is 0 Å². The maximum atomic E-state index is 9.21. The molecule has 2 fully saturated rings. The van der Waals surface area contributed by atoms with Gasteiger partial charge in [-0.25, -0.2) is 0 Å². The number of hydrogen-bond donors (Lipinski definition) is 4. The van der Waals surface area contributed by atoms with Crippen LogP contribution in [0.1, 0.15) is 19.3 Å². The van der Waals surface area contributed by atoms with Crippen LogP contribution in [-0.4, -0.2) is 43.6 Å². The van der Waals surface area contributed by atoms with Crippen LogP contribution >= 0.6 is 0 Å². The summed E-state index contributed by atoms with van der Waals surface area (Å²) in [5.41, 5.74) is 1.60. The third-order valence-corrected chi connectivity index (χ3v) is 4.52. The highest BCUT2D eigenvalue weighted by atomic mass is 16.3. The van der Waals surface area contributed by atoms with Crippen molar-refractivity contribution in [1.82, 2.24) is 16.0 Å². The zero-order valence-corrected chi connectivity index (χ0v) is 10.3. The Morgan fingerprint density at radius 3 is 3.06 bits per heavy atom. The Kier molecular flexibility index (Phi) is 3.47. The summed E-state index contributed by atoms with van der Waals surface area (Å²) < 4.78 is 0. The summed E-state index contributed by atoms with van der Waals surface area (Å²) in [4.78, 5) is 0. The van der Waals surface area contributed by atoms with Gasteiger partial charge in [0, 0.05) is 19.1 Å². The first-order chi connectivity index (χ1) is 8.38. The van der Waals surface area contributed by atoms with Crippen LogP contribution in [-0.2, 0) is 0 Å². The molecular formula is C13H23N3O. The van der Waals surface area contributed by atoms with Crippen molar-refractivity contribution < 1.29 is 5.11 Å². The lowest BCUT2D eigenvalue weighted by Crippen LogP contribution is -2.52. The third-order valence-electron chi connectivity index (χ3n) is 4.52. The molecule has 4 nitrogen and oxygen atoms in total. The molecule has 3 aliphatic heterocycles. The SMILES string of the molecule is OCC1CCC2C(NCC2C2=CCCNC2)N1. The number of fused-ring (bicyclic) bond motifs is 1. The van der Waals surface area contributed by atoms with Gasteiger partial charge in [-0.05, 0) is 37.6 Å². The summed E-state index contributed by atoms with van der Waals surface area (Å²) in [5.74, 6) is 1.41. The minimum Gasteiger partial charge on any atom is -0.395 e. The number of rotatable bonds is 2. The van der Waals surface area contributed by atoms with E-state index in [2.05, 4.69) is 22.0 Å². The monoisotopic (exact) mass is 237 g/mol. The smallest absolute Gasteiger partial charge is 0.0610 e. The van der Waals surface area contributed by atoms with E-state index in [0.29, 0.717) is 24.0 Å². The first-order valence-electron chi connectivity index (χ1n) is 6.88. The molecule has 3 aliphatic rings. The van der Waals surface area contributed by atoms with Crippen molar-refractivity contribution in [2.45, 2.75) is 31.5 Å². The van der Waals surface area contributed by atoms with Gasteiger partial charge in [-0.1, -0.05) is 11.6 Å². The minimum absolute atomic E-state index is 0.264. The standard InChI is InChI=1S/C13H23N3O/c17-8-10-3-4-11-12(7-15-13(11)16-10)9-2-1-5-14-6-9/h2,10-17H,1,3-8H2. The molecule has 3 heterocycles. The van der Waals surface area contributed by atoms with Gasteiger partial charge >= 0.3 is 0 Å². The van der Waals surface area contributed by atoms with E-state index in [1.807, 2.05) is 0 Å². The molecule has 0 aliphatic carbocycles. The van der Waals surface area contributed by atoms with Crippen molar-refractivity contribution in [3.8, 4) is 0 Å². The molecule has 3 rings (SSSR count). The number of aliphatic hydroxyl groups excluding tert-OH is 1. The molecular weight excluding hydrogens is 214 g/mol. The Morgan fingerprint density at radius 1 is 1.35 bits per heavy atom. The highest BCUT2D eigenvalue weighted by Gasteiger charge is 2.40. The van der Waals surface area contributed by atoms with Crippen molar-refractivity contribution in [2.24, 2.45) is 11.8 Å². The van der Waals surface area contributed by atoms with Gasteiger partial charge in [0.05, 0.1) is 12.8 Å². The lowest BCUT2D eigenvalue weighted by Gasteiger charge is -2.35. The Labute approximate surface area is 103 Å². The largest absolute Gasteiger partial charge is 0.395 e. The van der Waals surface area contributed by atoms with Crippen LogP contribution in [0.15, 0.2) is 11.6 Å². The van der Waals surface area contributed by atoms with Crippen LogP contribution in [0.2, 0.25) is 0 Å². The summed E-state index contributed by atoms with van der Waals surface area (Å²) in [6.07, 6.45) is 6.36. The van der Waals surface area contributed by atoms with E-state index >= 15 is 0 Å². The zero-order chi connectivity index (χ0) is 11.7. The quantitative estimate of drug-likeness (QED) is 0.503. The van der Waals surface area contributed by atoms with E-state index in [9.17, 15) is 5.11 Å². The molecule has 0 saturated carbocycles. The van der Waals surface area contributed by atoms with Crippen LogP contribution in [0, 0.1) is 11.8 Å². The van der Waals surface area contributed by atoms with E-state index < -0.39 is 0 Å². The fourth-order valence-corrected chi connectivity index (χ4v) is 3.57. The molecule has 4 heteroatoms. The average Bonchev–Trinajstić information content (AvgIpc) is 2.82. The van der Waals surface area contributed by atoms with Gasteiger partial charge in [-0.3, -0.25) is 5.32 Å². The normalized spacial score (nSPS) is 42.1. The minimum atomic E-state index is 0.264. The maximum Gasteiger partial charge on any atom is 0.0610 e. The zero-order valence-electron chi connectivity index (χ0n) is 10.3. The summed E-state index contributed by atoms with van der Waals surface area (Å²) in [7, 11) is 0.